The number of hydrogen-bond acceptors (Lipinski definition) is 6. The number of aliphatic hydroxyl groups is 1. The van der Waals surface area contributed by atoms with Crippen LogP contribution in [0.3, 0.4) is 0 Å². The lowest BCUT2D eigenvalue weighted by atomic mass is 9.98. The lowest BCUT2D eigenvalue weighted by Gasteiger charge is -2.38. The van der Waals surface area contributed by atoms with Gasteiger partial charge in [0.2, 0.25) is 5.91 Å². The van der Waals surface area contributed by atoms with Gasteiger partial charge in [0.25, 0.3) is 5.91 Å². The third-order valence-corrected chi connectivity index (χ3v) is 5.62. The first kappa shape index (κ1) is 19.5. The van der Waals surface area contributed by atoms with Crippen molar-refractivity contribution in [1.29, 1.82) is 0 Å². The van der Waals surface area contributed by atoms with Crippen LogP contribution >= 0.6 is 0 Å². The highest BCUT2D eigenvalue weighted by Gasteiger charge is 2.38. The van der Waals surface area contributed by atoms with Gasteiger partial charge in [0.05, 0.1) is 25.4 Å². The molecule has 0 radical (unpaired) electrons. The first-order valence-electron chi connectivity index (χ1n) is 9.72. The van der Waals surface area contributed by atoms with E-state index in [2.05, 4.69) is 4.90 Å². The fraction of sp³-hybridized carbons (Fsp3) is 0.889. The predicted octanol–water partition coefficient (Wildman–Crippen LogP) is -0.692. The molecule has 0 spiro atoms. The van der Waals surface area contributed by atoms with Gasteiger partial charge in [-0.15, -0.1) is 0 Å². The predicted molar refractivity (Wildman–Crippen MR) is 94.6 cm³/mol. The van der Waals surface area contributed by atoms with E-state index in [4.69, 9.17) is 9.47 Å². The van der Waals surface area contributed by atoms with Crippen LogP contribution in [0.15, 0.2) is 0 Å². The van der Waals surface area contributed by atoms with Crippen LogP contribution in [0.25, 0.3) is 0 Å². The van der Waals surface area contributed by atoms with Crippen molar-refractivity contribution in [2.75, 3.05) is 59.0 Å². The van der Waals surface area contributed by atoms with Gasteiger partial charge in [-0.05, 0) is 19.3 Å². The number of rotatable bonds is 4. The van der Waals surface area contributed by atoms with E-state index in [0.29, 0.717) is 32.7 Å². The molecule has 26 heavy (non-hydrogen) atoms. The molecule has 0 aliphatic carbocycles. The second kappa shape index (κ2) is 9.12. The van der Waals surface area contributed by atoms with Gasteiger partial charge in [0.1, 0.15) is 0 Å². The van der Waals surface area contributed by atoms with Crippen LogP contribution in [0, 0.1) is 0 Å². The number of piperazine rings is 1. The van der Waals surface area contributed by atoms with Gasteiger partial charge in [-0.2, -0.15) is 0 Å². The Morgan fingerprint density at radius 1 is 1.00 bits per heavy atom. The molecule has 0 aromatic rings. The molecule has 8 nitrogen and oxygen atoms in total. The minimum atomic E-state index is -0.749. The van der Waals surface area contributed by atoms with Gasteiger partial charge in [0.15, 0.2) is 6.10 Å². The molecule has 148 valence electrons. The van der Waals surface area contributed by atoms with Crippen molar-refractivity contribution in [2.24, 2.45) is 0 Å². The Bertz CT molecular complexity index is 489. The van der Waals surface area contributed by atoms with Gasteiger partial charge in [-0.25, -0.2) is 0 Å². The summed E-state index contributed by atoms with van der Waals surface area (Å²) in [6.07, 6.45) is 0.756. The average molecular weight is 369 g/mol. The summed E-state index contributed by atoms with van der Waals surface area (Å²) in [7, 11) is 0. The third-order valence-electron chi connectivity index (χ3n) is 5.62. The topological polar surface area (TPSA) is 82.6 Å². The van der Waals surface area contributed by atoms with Crippen molar-refractivity contribution in [3.63, 3.8) is 0 Å². The molecule has 1 N–H and O–H groups in total. The summed E-state index contributed by atoms with van der Waals surface area (Å²) < 4.78 is 11.3. The Morgan fingerprint density at radius 2 is 1.69 bits per heavy atom. The zero-order valence-corrected chi connectivity index (χ0v) is 15.6. The molecular weight excluding hydrogens is 338 g/mol. The van der Waals surface area contributed by atoms with E-state index in [1.807, 2.05) is 4.90 Å². The number of ether oxygens (including phenoxy) is 2. The summed E-state index contributed by atoms with van der Waals surface area (Å²) in [5.41, 5.74) is 0. The van der Waals surface area contributed by atoms with Gasteiger partial charge < -0.3 is 24.4 Å². The number of carbonyl (C=O) groups excluding carboxylic acids is 2. The fourth-order valence-electron chi connectivity index (χ4n) is 3.89. The minimum absolute atomic E-state index is 0.000716. The molecule has 3 aliphatic heterocycles. The maximum atomic E-state index is 12.7. The zero-order chi connectivity index (χ0) is 18.5. The Balaban J connectivity index is 1.44. The maximum Gasteiger partial charge on any atom is 0.254 e. The van der Waals surface area contributed by atoms with Gasteiger partial charge in [-0.1, -0.05) is 0 Å². The SMILES string of the molecule is CC(=O)N1CCN(CC[C@@H]2CC[C@H](O)[C@@H](C(=O)N3CCOCC3)O2)CC1. The summed E-state index contributed by atoms with van der Waals surface area (Å²) in [6, 6.07) is 0. The quantitative estimate of drug-likeness (QED) is 0.706. The molecule has 0 aromatic heterocycles. The summed E-state index contributed by atoms with van der Waals surface area (Å²) in [4.78, 5) is 30.0. The van der Waals surface area contributed by atoms with Crippen LogP contribution in [0.2, 0.25) is 0 Å². The van der Waals surface area contributed by atoms with Crippen molar-refractivity contribution >= 4 is 11.8 Å². The van der Waals surface area contributed by atoms with Crippen molar-refractivity contribution in [1.82, 2.24) is 14.7 Å². The highest BCUT2D eigenvalue weighted by atomic mass is 16.5. The molecular formula is C18H31N3O5. The Kier molecular flexibility index (Phi) is 6.86. The van der Waals surface area contributed by atoms with E-state index >= 15 is 0 Å². The fourth-order valence-corrected chi connectivity index (χ4v) is 3.89. The Hall–Kier alpha value is -1.22. The second-order valence-electron chi connectivity index (χ2n) is 7.40. The number of morpholine rings is 1. The Labute approximate surface area is 155 Å². The van der Waals surface area contributed by atoms with Crippen molar-refractivity contribution < 1.29 is 24.2 Å². The second-order valence-corrected chi connectivity index (χ2v) is 7.40. The summed E-state index contributed by atoms with van der Waals surface area (Å²) in [5.74, 6) is 0.0271. The molecule has 2 amide bonds. The van der Waals surface area contributed by atoms with E-state index in [0.717, 1.165) is 45.6 Å². The standard InChI is InChI=1S/C18H31N3O5/c1-14(22)20-8-6-19(7-9-20)5-4-15-2-3-16(23)17(26-15)18(24)21-10-12-25-13-11-21/h15-17,23H,2-13H2,1H3/t15-,16-,17-/m0/s1. The van der Waals surface area contributed by atoms with Crippen LogP contribution < -0.4 is 0 Å². The van der Waals surface area contributed by atoms with Crippen molar-refractivity contribution in [2.45, 2.75) is 44.5 Å². The van der Waals surface area contributed by atoms with Crippen LogP contribution in [0.5, 0.6) is 0 Å². The van der Waals surface area contributed by atoms with Crippen molar-refractivity contribution in [3.8, 4) is 0 Å². The lowest BCUT2D eigenvalue weighted by molar-refractivity contribution is -0.171. The molecule has 0 unspecified atom stereocenters. The zero-order valence-electron chi connectivity index (χ0n) is 15.6. The van der Waals surface area contributed by atoms with Crippen LogP contribution in [-0.4, -0.2) is 109 Å². The van der Waals surface area contributed by atoms with E-state index < -0.39 is 12.2 Å². The molecule has 3 heterocycles. The molecule has 8 heteroatoms. The molecule has 0 bridgehead atoms. The highest BCUT2D eigenvalue weighted by molar-refractivity contribution is 5.81. The summed E-state index contributed by atoms with van der Waals surface area (Å²) >= 11 is 0. The number of nitrogens with zero attached hydrogens (tertiary/aromatic N) is 3. The van der Waals surface area contributed by atoms with E-state index in [1.54, 1.807) is 11.8 Å². The monoisotopic (exact) mass is 369 g/mol. The van der Waals surface area contributed by atoms with Crippen LogP contribution in [0.1, 0.15) is 26.2 Å². The largest absolute Gasteiger partial charge is 0.390 e. The minimum Gasteiger partial charge on any atom is -0.390 e. The molecule has 3 aliphatic rings. The average Bonchev–Trinajstić information content (AvgIpc) is 2.68. The highest BCUT2D eigenvalue weighted by Crippen LogP contribution is 2.24. The molecule has 3 fully saturated rings. The smallest absolute Gasteiger partial charge is 0.254 e. The summed E-state index contributed by atoms with van der Waals surface area (Å²) in [6.45, 7) is 8.04. The number of carbonyl (C=O) groups is 2. The maximum absolute atomic E-state index is 12.7. The molecule has 0 saturated carbocycles. The normalized spacial score (nSPS) is 31.1. The van der Waals surface area contributed by atoms with Crippen LogP contribution in [0.4, 0.5) is 0 Å². The summed E-state index contributed by atoms with van der Waals surface area (Å²) in [5, 5.41) is 10.2. The third kappa shape index (κ3) is 4.94. The van der Waals surface area contributed by atoms with E-state index in [1.165, 1.54) is 0 Å². The van der Waals surface area contributed by atoms with Gasteiger partial charge in [-0.3, -0.25) is 14.5 Å². The Morgan fingerprint density at radius 3 is 2.35 bits per heavy atom. The van der Waals surface area contributed by atoms with Crippen molar-refractivity contribution in [3.05, 3.63) is 0 Å². The number of aliphatic hydroxyl groups excluding tert-OH is 1. The molecule has 0 aromatic carbocycles. The number of hydrogen-bond donors (Lipinski definition) is 1. The molecule has 3 rings (SSSR count). The molecule has 3 saturated heterocycles. The van der Waals surface area contributed by atoms with Gasteiger partial charge >= 0.3 is 0 Å². The number of amides is 2. The van der Waals surface area contributed by atoms with E-state index in [9.17, 15) is 14.7 Å². The lowest BCUT2D eigenvalue weighted by Crippen LogP contribution is -2.53. The van der Waals surface area contributed by atoms with Gasteiger partial charge in [0, 0.05) is 52.7 Å². The first-order valence-corrected chi connectivity index (χ1v) is 9.72. The first-order chi connectivity index (χ1) is 12.5. The van der Waals surface area contributed by atoms with E-state index in [-0.39, 0.29) is 17.9 Å². The van der Waals surface area contributed by atoms with Crippen LogP contribution in [-0.2, 0) is 19.1 Å². The molecule has 3 atom stereocenters.